The Kier molecular flexibility index (Phi) is 8.06. The number of nitrogens with one attached hydrogen (secondary N) is 2. The Morgan fingerprint density at radius 3 is 2.70 bits per heavy atom. The number of rotatable bonds is 7. The third-order valence-electron chi connectivity index (χ3n) is 7.93. The van der Waals surface area contributed by atoms with Crippen molar-refractivity contribution in [1.82, 2.24) is 35.1 Å². The van der Waals surface area contributed by atoms with Crippen molar-refractivity contribution in [2.24, 2.45) is 5.92 Å². The Morgan fingerprint density at radius 1 is 1.07 bits per heavy atom. The molecule has 6 rings (SSSR count). The summed E-state index contributed by atoms with van der Waals surface area (Å²) in [4.78, 5) is 22.0. The van der Waals surface area contributed by atoms with Gasteiger partial charge in [-0.25, -0.2) is 9.67 Å². The summed E-state index contributed by atoms with van der Waals surface area (Å²) < 4.78 is 1.93. The van der Waals surface area contributed by atoms with Gasteiger partial charge in [0.15, 0.2) is 0 Å². The average molecular weight is 559 g/mol. The Labute approximate surface area is 239 Å². The Morgan fingerprint density at radius 2 is 1.90 bits per heavy atom. The number of hydrogen-bond donors (Lipinski definition) is 2. The standard InChI is InChI=1S/C30H35ClN8O/c1-37-10-12-38(13-11-37)19-21-4-2-5-22(14-21)20-39-28-15-23(7-8-27(28)35-36-39)25-16-29(33-18-26(25)31)34-30(40)24-6-3-9-32-17-24/h2,4-5,7-8,14-16,18,24,32H,3,6,9-13,17,19-20H2,1H3,(H,33,34,40). The molecule has 1 atom stereocenters. The molecule has 0 spiro atoms. The quantitative estimate of drug-likeness (QED) is 0.356. The monoisotopic (exact) mass is 558 g/mol. The summed E-state index contributed by atoms with van der Waals surface area (Å²) in [5.74, 6) is 0.436. The second kappa shape index (κ2) is 12.0. The second-order valence-corrected chi connectivity index (χ2v) is 11.3. The minimum atomic E-state index is -0.0495. The van der Waals surface area contributed by atoms with E-state index < -0.39 is 0 Å². The number of fused-ring (bicyclic) bond motifs is 1. The minimum absolute atomic E-state index is 0.0134. The first-order chi connectivity index (χ1) is 19.5. The van der Waals surface area contributed by atoms with Crippen molar-refractivity contribution < 1.29 is 4.79 Å². The van der Waals surface area contributed by atoms with E-state index in [-0.39, 0.29) is 11.8 Å². The number of hydrogen-bond acceptors (Lipinski definition) is 7. The lowest BCUT2D eigenvalue weighted by Gasteiger charge is -2.32. The van der Waals surface area contributed by atoms with Crippen LogP contribution in [0.4, 0.5) is 5.82 Å². The first-order valence-electron chi connectivity index (χ1n) is 14.0. The number of anilines is 1. The van der Waals surface area contributed by atoms with E-state index in [0.717, 1.165) is 74.3 Å². The average Bonchev–Trinajstić information content (AvgIpc) is 3.37. The van der Waals surface area contributed by atoms with Crippen LogP contribution in [0.15, 0.2) is 54.7 Å². The number of piperidine rings is 1. The lowest BCUT2D eigenvalue weighted by Crippen LogP contribution is -2.43. The van der Waals surface area contributed by atoms with E-state index in [2.05, 4.69) is 73.1 Å². The summed E-state index contributed by atoms with van der Waals surface area (Å²) in [6, 6.07) is 16.6. The van der Waals surface area contributed by atoms with Gasteiger partial charge in [0, 0.05) is 51.0 Å². The number of amides is 1. The predicted octanol–water partition coefficient (Wildman–Crippen LogP) is 3.88. The molecule has 10 heteroatoms. The Hall–Kier alpha value is -3.37. The van der Waals surface area contributed by atoms with Gasteiger partial charge in [-0.2, -0.15) is 0 Å². The van der Waals surface area contributed by atoms with Gasteiger partial charge in [0.25, 0.3) is 0 Å². The van der Waals surface area contributed by atoms with Gasteiger partial charge in [-0.3, -0.25) is 9.69 Å². The van der Waals surface area contributed by atoms with Crippen molar-refractivity contribution in [1.29, 1.82) is 0 Å². The molecule has 2 aromatic heterocycles. The molecule has 2 saturated heterocycles. The summed E-state index contributed by atoms with van der Waals surface area (Å²) in [5, 5.41) is 15.6. The van der Waals surface area contributed by atoms with Gasteiger partial charge in [-0.05, 0) is 61.3 Å². The zero-order chi connectivity index (χ0) is 27.5. The van der Waals surface area contributed by atoms with Crippen LogP contribution in [-0.4, -0.2) is 82.0 Å². The maximum Gasteiger partial charge on any atom is 0.229 e. The third kappa shape index (κ3) is 6.18. The largest absolute Gasteiger partial charge is 0.316 e. The topological polar surface area (TPSA) is 91.2 Å². The molecule has 1 amide bonds. The number of carbonyl (C=O) groups excluding carboxylic acids is 1. The van der Waals surface area contributed by atoms with Crippen LogP contribution in [0.2, 0.25) is 5.02 Å². The molecule has 0 saturated carbocycles. The molecule has 2 fully saturated rings. The normalized spacial score (nSPS) is 18.7. The molecule has 0 bridgehead atoms. The van der Waals surface area contributed by atoms with Crippen LogP contribution < -0.4 is 10.6 Å². The maximum absolute atomic E-state index is 12.8. The van der Waals surface area contributed by atoms with E-state index in [0.29, 0.717) is 23.9 Å². The molecule has 0 aliphatic carbocycles. The van der Waals surface area contributed by atoms with Crippen LogP contribution in [0.3, 0.4) is 0 Å². The molecule has 208 valence electrons. The molecule has 4 heterocycles. The molecule has 40 heavy (non-hydrogen) atoms. The van der Waals surface area contributed by atoms with Gasteiger partial charge in [0.05, 0.1) is 23.0 Å². The van der Waals surface area contributed by atoms with Crippen LogP contribution in [0.5, 0.6) is 0 Å². The summed E-state index contributed by atoms with van der Waals surface area (Å²) in [5.41, 5.74) is 5.97. The number of aromatic nitrogens is 4. The van der Waals surface area contributed by atoms with Gasteiger partial charge in [0.1, 0.15) is 11.3 Å². The van der Waals surface area contributed by atoms with Crippen LogP contribution >= 0.6 is 11.6 Å². The first-order valence-corrected chi connectivity index (χ1v) is 14.4. The van der Waals surface area contributed by atoms with Gasteiger partial charge >= 0.3 is 0 Å². The number of piperazine rings is 1. The number of halogens is 1. The highest BCUT2D eigenvalue weighted by Gasteiger charge is 2.22. The molecular weight excluding hydrogens is 524 g/mol. The van der Waals surface area contributed by atoms with E-state index in [1.165, 1.54) is 11.1 Å². The van der Waals surface area contributed by atoms with Gasteiger partial charge in [-0.1, -0.05) is 47.1 Å². The Balaban J connectivity index is 1.20. The molecule has 1 unspecified atom stereocenters. The summed E-state index contributed by atoms with van der Waals surface area (Å²) in [6.45, 7) is 7.65. The van der Waals surface area contributed by atoms with Gasteiger partial charge in [-0.15, -0.1) is 5.10 Å². The van der Waals surface area contributed by atoms with Gasteiger partial charge < -0.3 is 15.5 Å². The molecule has 2 N–H and O–H groups in total. The zero-order valence-corrected chi connectivity index (χ0v) is 23.6. The number of carbonyl (C=O) groups is 1. The van der Waals surface area contributed by atoms with Crippen LogP contribution in [0.1, 0.15) is 24.0 Å². The van der Waals surface area contributed by atoms with Crippen molar-refractivity contribution >= 4 is 34.4 Å². The summed E-state index contributed by atoms with van der Waals surface area (Å²) >= 11 is 6.59. The van der Waals surface area contributed by atoms with Gasteiger partial charge in [0.2, 0.25) is 5.91 Å². The zero-order valence-electron chi connectivity index (χ0n) is 22.8. The number of benzene rings is 2. The van der Waals surface area contributed by atoms with Crippen LogP contribution in [0, 0.1) is 5.92 Å². The van der Waals surface area contributed by atoms with Crippen molar-refractivity contribution in [2.75, 3.05) is 51.6 Å². The molecule has 2 aliphatic heterocycles. The molecule has 4 aromatic rings. The van der Waals surface area contributed by atoms with Crippen molar-refractivity contribution in [2.45, 2.75) is 25.9 Å². The SMILES string of the molecule is CN1CCN(Cc2cccc(Cn3nnc4ccc(-c5cc(NC(=O)C6CCCNC6)ncc5Cl)cc43)c2)CC1. The second-order valence-electron chi connectivity index (χ2n) is 10.9. The van der Waals surface area contributed by atoms with Crippen molar-refractivity contribution in [3.05, 3.63) is 70.9 Å². The van der Waals surface area contributed by atoms with E-state index in [1.54, 1.807) is 6.20 Å². The highest BCUT2D eigenvalue weighted by atomic mass is 35.5. The third-order valence-corrected chi connectivity index (χ3v) is 8.23. The van der Waals surface area contributed by atoms with Crippen LogP contribution in [0.25, 0.3) is 22.2 Å². The minimum Gasteiger partial charge on any atom is -0.316 e. The smallest absolute Gasteiger partial charge is 0.229 e. The highest BCUT2D eigenvalue weighted by Crippen LogP contribution is 2.31. The number of likely N-dealkylation sites (N-methyl/N-ethyl adjacent to an activating group) is 1. The maximum atomic E-state index is 12.8. The van der Waals surface area contributed by atoms with Crippen LogP contribution in [-0.2, 0) is 17.9 Å². The lowest BCUT2D eigenvalue weighted by molar-refractivity contribution is -0.120. The predicted molar refractivity (Wildman–Crippen MR) is 158 cm³/mol. The summed E-state index contributed by atoms with van der Waals surface area (Å²) in [6.07, 6.45) is 3.47. The highest BCUT2D eigenvalue weighted by molar-refractivity contribution is 6.33. The molecule has 9 nitrogen and oxygen atoms in total. The fourth-order valence-corrected chi connectivity index (χ4v) is 5.76. The molecule has 0 radical (unpaired) electrons. The molecular formula is C30H35ClN8O. The fourth-order valence-electron chi connectivity index (χ4n) is 5.55. The number of pyridine rings is 1. The first kappa shape index (κ1) is 26.8. The molecule has 2 aromatic carbocycles. The van der Waals surface area contributed by atoms with Crippen molar-refractivity contribution in [3.63, 3.8) is 0 Å². The Bertz CT molecular complexity index is 1490. The lowest BCUT2D eigenvalue weighted by atomic mass is 9.99. The van der Waals surface area contributed by atoms with E-state index in [4.69, 9.17) is 11.6 Å². The summed E-state index contributed by atoms with van der Waals surface area (Å²) in [7, 11) is 2.18. The van der Waals surface area contributed by atoms with Crippen molar-refractivity contribution in [3.8, 4) is 11.1 Å². The van der Waals surface area contributed by atoms with E-state index >= 15 is 0 Å². The number of nitrogens with zero attached hydrogens (tertiary/aromatic N) is 6. The van der Waals surface area contributed by atoms with E-state index in [1.807, 2.05) is 22.9 Å². The fraction of sp³-hybridized carbons (Fsp3) is 0.400. The van der Waals surface area contributed by atoms with E-state index in [9.17, 15) is 4.79 Å². The molecule has 2 aliphatic rings.